The van der Waals surface area contributed by atoms with Crippen LogP contribution in [0.4, 0.5) is 5.69 Å². The molecule has 110 valence electrons. The van der Waals surface area contributed by atoms with Gasteiger partial charge in [0.15, 0.2) is 6.10 Å². The van der Waals surface area contributed by atoms with Gasteiger partial charge in [-0.25, -0.2) is 0 Å². The molecule has 2 unspecified atom stereocenters. The summed E-state index contributed by atoms with van der Waals surface area (Å²) in [4.78, 5) is 12.0. The number of fused-ring (bicyclic) bond motifs is 1. The molecule has 0 spiro atoms. The normalized spacial score (nSPS) is 18.4. The van der Waals surface area contributed by atoms with Crippen LogP contribution in [0.5, 0.6) is 5.75 Å². The van der Waals surface area contributed by atoms with Gasteiger partial charge >= 0.3 is 0 Å². The van der Waals surface area contributed by atoms with E-state index in [2.05, 4.69) is 10.6 Å². The molecule has 0 saturated heterocycles. The summed E-state index contributed by atoms with van der Waals surface area (Å²) >= 11 is 0. The number of aliphatic hydroxyl groups excluding tert-OH is 1. The number of rotatable bonds is 6. The van der Waals surface area contributed by atoms with E-state index in [1.807, 2.05) is 24.3 Å². The fourth-order valence-electron chi connectivity index (χ4n) is 2.01. The SMILES string of the molecule is COCC(O)CCNC(=O)C1CNc2ccccc2O1. The lowest BCUT2D eigenvalue weighted by atomic mass is 10.2. The summed E-state index contributed by atoms with van der Waals surface area (Å²) in [6, 6.07) is 7.50. The predicted molar refractivity (Wildman–Crippen MR) is 74.9 cm³/mol. The molecule has 1 aliphatic rings. The molecule has 1 aliphatic heterocycles. The van der Waals surface area contributed by atoms with Crippen LogP contribution in [0.15, 0.2) is 24.3 Å². The Bertz CT molecular complexity index is 453. The molecule has 0 aliphatic carbocycles. The van der Waals surface area contributed by atoms with Gasteiger partial charge in [-0.05, 0) is 18.6 Å². The first-order valence-electron chi connectivity index (χ1n) is 6.65. The van der Waals surface area contributed by atoms with Crippen molar-refractivity contribution in [3.8, 4) is 5.75 Å². The number of carbonyl (C=O) groups is 1. The van der Waals surface area contributed by atoms with Crippen molar-refractivity contribution in [2.45, 2.75) is 18.6 Å². The molecular formula is C14H20N2O4. The van der Waals surface area contributed by atoms with Crippen molar-refractivity contribution in [1.82, 2.24) is 5.32 Å². The topological polar surface area (TPSA) is 79.8 Å². The Morgan fingerprint density at radius 2 is 2.40 bits per heavy atom. The minimum absolute atomic E-state index is 0.184. The molecule has 0 saturated carbocycles. The molecule has 6 nitrogen and oxygen atoms in total. The Hall–Kier alpha value is -1.79. The number of hydrogen-bond acceptors (Lipinski definition) is 5. The maximum atomic E-state index is 12.0. The van der Waals surface area contributed by atoms with Crippen molar-refractivity contribution in [3.05, 3.63) is 24.3 Å². The minimum Gasteiger partial charge on any atom is -0.477 e. The molecule has 2 atom stereocenters. The second-order valence-electron chi connectivity index (χ2n) is 4.67. The van der Waals surface area contributed by atoms with Crippen LogP contribution in [0, 0.1) is 0 Å². The van der Waals surface area contributed by atoms with Gasteiger partial charge in [0.25, 0.3) is 5.91 Å². The van der Waals surface area contributed by atoms with Crippen molar-refractivity contribution in [2.24, 2.45) is 0 Å². The highest BCUT2D eigenvalue weighted by Crippen LogP contribution is 2.28. The van der Waals surface area contributed by atoms with Crippen molar-refractivity contribution in [2.75, 3.05) is 32.1 Å². The molecule has 1 amide bonds. The quantitative estimate of drug-likeness (QED) is 0.702. The molecule has 20 heavy (non-hydrogen) atoms. The number of carbonyl (C=O) groups excluding carboxylic acids is 1. The molecule has 3 N–H and O–H groups in total. The summed E-state index contributed by atoms with van der Waals surface area (Å²) in [5, 5.41) is 15.4. The fourth-order valence-corrected chi connectivity index (χ4v) is 2.01. The third-order valence-corrected chi connectivity index (χ3v) is 3.06. The molecular weight excluding hydrogens is 260 g/mol. The number of ether oxygens (including phenoxy) is 2. The van der Waals surface area contributed by atoms with Crippen LogP contribution in [-0.2, 0) is 9.53 Å². The van der Waals surface area contributed by atoms with E-state index in [4.69, 9.17) is 9.47 Å². The monoisotopic (exact) mass is 280 g/mol. The first-order valence-corrected chi connectivity index (χ1v) is 6.65. The zero-order valence-corrected chi connectivity index (χ0v) is 11.5. The van der Waals surface area contributed by atoms with Crippen LogP contribution >= 0.6 is 0 Å². The van der Waals surface area contributed by atoms with E-state index in [9.17, 15) is 9.90 Å². The van der Waals surface area contributed by atoms with E-state index in [0.717, 1.165) is 5.69 Å². The van der Waals surface area contributed by atoms with E-state index in [1.165, 1.54) is 7.11 Å². The van der Waals surface area contributed by atoms with Gasteiger partial charge in [0.2, 0.25) is 0 Å². The molecule has 0 radical (unpaired) electrons. The van der Waals surface area contributed by atoms with Crippen LogP contribution in [0.25, 0.3) is 0 Å². The first kappa shape index (κ1) is 14.6. The highest BCUT2D eigenvalue weighted by Gasteiger charge is 2.25. The summed E-state index contributed by atoms with van der Waals surface area (Å²) < 4.78 is 10.5. The summed E-state index contributed by atoms with van der Waals surface area (Å²) in [6.45, 7) is 1.10. The number of hydrogen-bond donors (Lipinski definition) is 3. The molecule has 1 aromatic carbocycles. The van der Waals surface area contributed by atoms with Gasteiger partial charge in [0.05, 0.1) is 24.9 Å². The van der Waals surface area contributed by atoms with E-state index in [1.54, 1.807) is 0 Å². The molecule has 1 heterocycles. The Balaban J connectivity index is 1.77. The average Bonchev–Trinajstić information content (AvgIpc) is 2.47. The number of benzene rings is 1. The maximum Gasteiger partial charge on any atom is 0.262 e. The van der Waals surface area contributed by atoms with Gasteiger partial charge in [-0.3, -0.25) is 4.79 Å². The number of nitrogens with one attached hydrogen (secondary N) is 2. The highest BCUT2D eigenvalue weighted by molar-refractivity contribution is 5.83. The van der Waals surface area contributed by atoms with Crippen LogP contribution in [0.3, 0.4) is 0 Å². The van der Waals surface area contributed by atoms with Crippen LogP contribution in [0.1, 0.15) is 6.42 Å². The van der Waals surface area contributed by atoms with E-state index < -0.39 is 12.2 Å². The lowest BCUT2D eigenvalue weighted by Crippen LogP contribution is -2.45. The van der Waals surface area contributed by atoms with E-state index in [-0.39, 0.29) is 12.5 Å². The van der Waals surface area contributed by atoms with Crippen molar-refractivity contribution < 1.29 is 19.4 Å². The van der Waals surface area contributed by atoms with Crippen molar-refractivity contribution in [1.29, 1.82) is 0 Å². The van der Waals surface area contributed by atoms with Crippen molar-refractivity contribution >= 4 is 11.6 Å². The Morgan fingerprint density at radius 1 is 1.60 bits per heavy atom. The standard InChI is InChI=1S/C14H20N2O4/c1-19-9-10(17)6-7-15-14(18)13-8-16-11-4-2-3-5-12(11)20-13/h2-5,10,13,16-17H,6-9H2,1H3,(H,15,18). The fraction of sp³-hybridized carbons (Fsp3) is 0.500. The van der Waals surface area contributed by atoms with Gasteiger partial charge in [-0.2, -0.15) is 0 Å². The van der Waals surface area contributed by atoms with Gasteiger partial charge in [0, 0.05) is 13.7 Å². The molecule has 1 aromatic rings. The molecule has 0 bridgehead atoms. The number of methoxy groups -OCH3 is 1. The highest BCUT2D eigenvalue weighted by atomic mass is 16.5. The number of aliphatic hydroxyl groups is 1. The Morgan fingerprint density at radius 3 is 3.20 bits per heavy atom. The van der Waals surface area contributed by atoms with E-state index >= 15 is 0 Å². The van der Waals surface area contributed by atoms with Crippen molar-refractivity contribution in [3.63, 3.8) is 0 Å². The number of anilines is 1. The van der Waals surface area contributed by atoms with Crippen LogP contribution in [-0.4, -0.2) is 50.0 Å². The van der Waals surface area contributed by atoms with Gasteiger partial charge in [-0.15, -0.1) is 0 Å². The summed E-state index contributed by atoms with van der Waals surface area (Å²) in [5.74, 6) is 0.495. The first-order chi connectivity index (χ1) is 9.70. The van der Waals surface area contributed by atoms with Crippen LogP contribution < -0.4 is 15.4 Å². The van der Waals surface area contributed by atoms with Gasteiger partial charge in [-0.1, -0.05) is 12.1 Å². The molecule has 6 heteroatoms. The third kappa shape index (κ3) is 3.85. The van der Waals surface area contributed by atoms with E-state index in [0.29, 0.717) is 25.3 Å². The average molecular weight is 280 g/mol. The Kier molecular flexibility index (Phi) is 5.20. The Labute approximate surface area is 118 Å². The summed E-state index contributed by atoms with van der Waals surface area (Å²) in [5.41, 5.74) is 0.895. The molecule has 2 rings (SSSR count). The van der Waals surface area contributed by atoms with Gasteiger partial charge in [0.1, 0.15) is 5.75 Å². The molecule has 0 fully saturated rings. The minimum atomic E-state index is -0.563. The third-order valence-electron chi connectivity index (χ3n) is 3.06. The predicted octanol–water partition coefficient (Wildman–Crippen LogP) is 0.373. The largest absolute Gasteiger partial charge is 0.477 e. The zero-order chi connectivity index (χ0) is 14.4. The smallest absolute Gasteiger partial charge is 0.262 e. The lowest BCUT2D eigenvalue weighted by molar-refractivity contribution is -0.127. The van der Waals surface area contributed by atoms with Crippen LogP contribution in [0.2, 0.25) is 0 Å². The summed E-state index contributed by atoms with van der Waals surface area (Å²) in [6.07, 6.45) is -0.660. The van der Waals surface area contributed by atoms with Gasteiger partial charge < -0.3 is 25.2 Å². The second kappa shape index (κ2) is 7.12. The number of amides is 1. The number of para-hydroxylation sites is 2. The summed E-state index contributed by atoms with van der Waals surface area (Å²) in [7, 11) is 1.53. The second-order valence-corrected chi connectivity index (χ2v) is 4.67. The lowest BCUT2D eigenvalue weighted by Gasteiger charge is -2.26. The molecule has 0 aromatic heterocycles. The maximum absolute atomic E-state index is 12.0. The zero-order valence-electron chi connectivity index (χ0n) is 11.5.